The lowest BCUT2D eigenvalue weighted by Crippen LogP contribution is -2.26. The van der Waals surface area contributed by atoms with E-state index in [9.17, 15) is 4.39 Å². The van der Waals surface area contributed by atoms with Gasteiger partial charge < -0.3 is 14.8 Å². The zero-order valence-electron chi connectivity index (χ0n) is 18.0. The third kappa shape index (κ3) is 6.98. The van der Waals surface area contributed by atoms with Gasteiger partial charge in [-0.25, -0.2) is 4.39 Å². The minimum atomic E-state index is -0.304. The molecule has 5 heteroatoms. The second-order valence-corrected chi connectivity index (χ2v) is 7.93. The molecule has 164 valence electrons. The molecule has 0 aliphatic heterocycles. The maximum absolute atomic E-state index is 13.9. The highest BCUT2D eigenvalue weighted by molar-refractivity contribution is 6.32. The summed E-state index contributed by atoms with van der Waals surface area (Å²) in [6, 6.07) is 21.2. The summed E-state index contributed by atoms with van der Waals surface area (Å²) in [5.74, 6) is 0.703. The number of hydrogen-bond acceptors (Lipinski definition) is 3. The predicted octanol–water partition coefficient (Wildman–Crippen LogP) is 6.57. The summed E-state index contributed by atoms with van der Waals surface area (Å²) < 4.78 is 25.5. The maximum Gasteiger partial charge on any atom is 0.180 e. The van der Waals surface area contributed by atoms with Crippen LogP contribution in [-0.4, -0.2) is 12.6 Å². The lowest BCUT2D eigenvalue weighted by molar-refractivity contribution is 0.265. The van der Waals surface area contributed by atoms with Gasteiger partial charge in [-0.15, -0.1) is 0 Å². The van der Waals surface area contributed by atoms with Crippen molar-refractivity contribution in [2.45, 2.75) is 45.9 Å². The van der Waals surface area contributed by atoms with E-state index in [2.05, 4.69) is 36.5 Å². The topological polar surface area (TPSA) is 30.5 Å². The normalized spacial score (nSPS) is 11.9. The van der Waals surface area contributed by atoms with Crippen LogP contribution in [0.15, 0.2) is 66.7 Å². The van der Waals surface area contributed by atoms with Gasteiger partial charge in [-0.3, -0.25) is 0 Å². The van der Waals surface area contributed by atoms with Crippen LogP contribution in [0.1, 0.15) is 37.0 Å². The molecule has 3 aromatic rings. The Kier molecular flexibility index (Phi) is 8.74. The van der Waals surface area contributed by atoms with E-state index in [1.165, 1.54) is 11.6 Å². The van der Waals surface area contributed by atoms with Crippen molar-refractivity contribution in [1.82, 2.24) is 5.32 Å². The number of rotatable bonds is 11. The van der Waals surface area contributed by atoms with Crippen molar-refractivity contribution >= 4 is 11.6 Å². The number of ether oxygens (including phenoxy) is 2. The van der Waals surface area contributed by atoms with Crippen LogP contribution < -0.4 is 14.8 Å². The van der Waals surface area contributed by atoms with Gasteiger partial charge >= 0.3 is 0 Å². The summed E-state index contributed by atoms with van der Waals surface area (Å²) in [5.41, 5.74) is 2.83. The Balaban J connectivity index is 1.61. The molecule has 0 aliphatic rings. The highest BCUT2D eigenvalue weighted by atomic mass is 35.5. The van der Waals surface area contributed by atoms with Crippen LogP contribution in [0.2, 0.25) is 5.02 Å². The first-order valence-electron chi connectivity index (χ1n) is 10.7. The monoisotopic (exact) mass is 441 g/mol. The van der Waals surface area contributed by atoms with E-state index in [-0.39, 0.29) is 12.4 Å². The van der Waals surface area contributed by atoms with Gasteiger partial charge in [-0.05, 0) is 56.0 Å². The molecule has 0 amide bonds. The van der Waals surface area contributed by atoms with Crippen LogP contribution in [0.4, 0.5) is 4.39 Å². The van der Waals surface area contributed by atoms with Gasteiger partial charge in [-0.2, -0.15) is 0 Å². The van der Waals surface area contributed by atoms with Crippen molar-refractivity contribution in [1.29, 1.82) is 0 Å². The molecule has 0 spiro atoms. The Morgan fingerprint density at radius 1 is 0.968 bits per heavy atom. The molecule has 3 rings (SSSR count). The van der Waals surface area contributed by atoms with Crippen LogP contribution in [0.5, 0.6) is 11.5 Å². The minimum absolute atomic E-state index is 0.0839. The summed E-state index contributed by atoms with van der Waals surface area (Å²) in [6.45, 7) is 5.33. The standard InChI is InChI=1S/C26H29ClFNO2/c1-3-30-25-16-21(17-29-19(2)13-14-20-9-5-4-6-10-20)15-23(27)26(25)31-18-22-11-7-8-12-24(22)28/h4-12,15-16,19,29H,3,13-14,17-18H2,1-2H3/t19-/m0/s1. The average molecular weight is 442 g/mol. The summed E-state index contributed by atoms with van der Waals surface area (Å²) in [5, 5.41) is 4.00. The molecule has 0 heterocycles. The molecule has 0 saturated heterocycles. The van der Waals surface area contributed by atoms with E-state index in [4.69, 9.17) is 21.1 Å². The summed E-state index contributed by atoms with van der Waals surface area (Å²) in [4.78, 5) is 0. The quantitative estimate of drug-likeness (QED) is 0.365. The fraction of sp³-hybridized carbons (Fsp3) is 0.308. The molecular formula is C26H29ClFNO2. The van der Waals surface area contributed by atoms with Crippen molar-refractivity contribution in [2.75, 3.05) is 6.61 Å². The number of halogens is 2. The zero-order chi connectivity index (χ0) is 22.1. The summed E-state index contributed by atoms with van der Waals surface area (Å²) >= 11 is 6.51. The van der Waals surface area contributed by atoms with Crippen LogP contribution in [0, 0.1) is 5.82 Å². The Morgan fingerprint density at radius 2 is 1.71 bits per heavy atom. The number of hydrogen-bond donors (Lipinski definition) is 1. The molecule has 1 N–H and O–H groups in total. The van der Waals surface area contributed by atoms with Gasteiger partial charge in [0.05, 0.1) is 11.6 Å². The lowest BCUT2D eigenvalue weighted by Gasteiger charge is -2.17. The first-order valence-corrected chi connectivity index (χ1v) is 11.0. The van der Waals surface area contributed by atoms with E-state index < -0.39 is 0 Å². The summed E-state index contributed by atoms with van der Waals surface area (Å²) in [6.07, 6.45) is 2.07. The third-order valence-corrected chi connectivity index (χ3v) is 5.34. The summed E-state index contributed by atoms with van der Waals surface area (Å²) in [7, 11) is 0. The van der Waals surface area contributed by atoms with Crippen molar-refractivity contribution < 1.29 is 13.9 Å². The van der Waals surface area contributed by atoms with Gasteiger partial charge in [0, 0.05) is 18.2 Å². The molecule has 3 nitrogen and oxygen atoms in total. The third-order valence-electron chi connectivity index (χ3n) is 5.06. The Bertz CT molecular complexity index is 965. The van der Waals surface area contributed by atoms with E-state index in [0.717, 1.165) is 18.4 Å². The van der Waals surface area contributed by atoms with E-state index >= 15 is 0 Å². The molecule has 31 heavy (non-hydrogen) atoms. The van der Waals surface area contributed by atoms with Crippen molar-refractivity contribution in [2.24, 2.45) is 0 Å². The average Bonchev–Trinajstić information content (AvgIpc) is 2.77. The number of aryl methyl sites for hydroxylation is 1. The molecule has 1 atom stereocenters. The molecule has 0 saturated carbocycles. The highest BCUT2D eigenvalue weighted by Gasteiger charge is 2.14. The Hall–Kier alpha value is -2.56. The van der Waals surface area contributed by atoms with Crippen molar-refractivity contribution in [3.8, 4) is 11.5 Å². The first kappa shape index (κ1) is 23.1. The van der Waals surface area contributed by atoms with Crippen LogP contribution in [0.25, 0.3) is 0 Å². The van der Waals surface area contributed by atoms with E-state index in [0.29, 0.717) is 41.3 Å². The van der Waals surface area contributed by atoms with Gasteiger partial charge in [-0.1, -0.05) is 60.1 Å². The lowest BCUT2D eigenvalue weighted by atomic mass is 10.1. The van der Waals surface area contributed by atoms with E-state index in [1.807, 2.05) is 25.1 Å². The van der Waals surface area contributed by atoms with Crippen LogP contribution in [0.3, 0.4) is 0 Å². The fourth-order valence-electron chi connectivity index (χ4n) is 3.31. The van der Waals surface area contributed by atoms with Crippen molar-refractivity contribution in [3.63, 3.8) is 0 Å². The molecular weight excluding hydrogens is 413 g/mol. The Labute approximate surface area is 189 Å². The second-order valence-electron chi connectivity index (χ2n) is 7.52. The SMILES string of the molecule is CCOc1cc(CN[C@@H](C)CCc2ccccc2)cc(Cl)c1OCc1ccccc1F. The molecule has 0 bridgehead atoms. The smallest absolute Gasteiger partial charge is 0.180 e. The Morgan fingerprint density at radius 3 is 2.45 bits per heavy atom. The molecule has 0 aromatic heterocycles. The van der Waals surface area contributed by atoms with E-state index in [1.54, 1.807) is 18.2 Å². The largest absolute Gasteiger partial charge is 0.490 e. The minimum Gasteiger partial charge on any atom is -0.490 e. The number of nitrogens with one attached hydrogen (secondary N) is 1. The highest BCUT2D eigenvalue weighted by Crippen LogP contribution is 2.37. The van der Waals surface area contributed by atoms with Gasteiger partial charge in [0.2, 0.25) is 0 Å². The van der Waals surface area contributed by atoms with Gasteiger partial charge in [0.25, 0.3) is 0 Å². The molecule has 0 radical (unpaired) electrons. The zero-order valence-corrected chi connectivity index (χ0v) is 18.8. The second kappa shape index (κ2) is 11.7. The van der Waals surface area contributed by atoms with Gasteiger partial charge in [0.15, 0.2) is 11.5 Å². The fourth-order valence-corrected chi connectivity index (χ4v) is 3.60. The first-order chi connectivity index (χ1) is 15.1. The van der Waals surface area contributed by atoms with Crippen LogP contribution in [-0.2, 0) is 19.6 Å². The molecule has 0 fully saturated rings. The van der Waals surface area contributed by atoms with Gasteiger partial charge in [0.1, 0.15) is 12.4 Å². The number of benzene rings is 3. The maximum atomic E-state index is 13.9. The molecule has 3 aromatic carbocycles. The van der Waals surface area contributed by atoms with Crippen molar-refractivity contribution in [3.05, 3.63) is 94.3 Å². The predicted molar refractivity (Wildman–Crippen MR) is 124 cm³/mol. The molecule has 0 aliphatic carbocycles. The van der Waals surface area contributed by atoms with Crippen LogP contribution >= 0.6 is 11.6 Å². The molecule has 0 unspecified atom stereocenters.